The maximum atomic E-state index is 12.6. The Morgan fingerprint density at radius 2 is 1.86 bits per heavy atom. The number of para-hydroxylation sites is 1. The van der Waals surface area contributed by atoms with Crippen molar-refractivity contribution in [2.45, 2.75) is 39.3 Å². The molecule has 0 spiro atoms. The van der Waals surface area contributed by atoms with Gasteiger partial charge in [-0.25, -0.2) is 0 Å². The lowest BCUT2D eigenvalue weighted by Gasteiger charge is -2.46. The smallest absolute Gasteiger partial charge is 0.224 e. The second-order valence-electron chi connectivity index (χ2n) is 8.05. The maximum absolute atomic E-state index is 12.6. The molecular weight excluding hydrogens is 362 g/mol. The van der Waals surface area contributed by atoms with Crippen molar-refractivity contribution in [1.29, 1.82) is 0 Å². The van der Waals surface area contributed by atoms with Crippen LogP contribution < -0.4 is 15.1 Å². The van der Waals surface area contributed by atoms with E-state index < -0.39 is 0 Å². The van der Waals surface area contributed by atoms with Gasteiger partial charge in [0.2, 0.25) is 5.91 Å². The van der Waals surface area contributed by atoms with E-state index in [9.17, 15) is 4.79 Å². The molecule has 1 saturated heterocycles. The number of hydrogen-bond acceptors (Lipinski definition) is 4. The van der Waals surface area contributed by atoms with Crippen LogP contribution in [0.4, 0.5) is 17.1 Å². The van der Waals surface area contributed by atoms with Crippen molar-refractivity contribution in [2.24, 2.45) is 5.92 Å². The Morgan fingerprint density at radius 1 is 1.14 bits per heavy atom. The lowest BCUT2D eigenvalue weighted by atomic mass is 9.80. The minimum Gasteiger partial charge on any atom is -0.378 e. The van der Waals surface area contributed by atoms with E-state index in [1.807, 2.05) is 11.0 Å². The fourth-order valence-electron chi connectivity index (χ4n) is 4.83. The Morgan fingerprint density at radius 3 is 2.52 bits per heavy atom. The number of carbonyl (C=O) groups is 1. The van der Waals surface area contributed by atoms with Gasteiger partial charge in [0.05, 0.1) is 19.3 Å². The molecular formula is C24H31N3O2. The minimum absolute atomic E-state index is 0.113. The zero-order valence-electron chi connectivity index (χ0n) is 17.6. The number of morpholine rings is 1. The molecule has 0 saturated carbocycles. The van der Waals surface area contributed by atoms with E-state index in [0.717, 1.165) is 44.1 Å². The van der Waals surface area contributed by atoms with Crippen molar-refractivity contribution in [3.8, 4) is 0 Å². The van der Waals surface area contributed by atoms with E-state index >= 15 is 0 Å². The van der Waals surface area contributed by atoms with Gasteiger partial charge in [-0.2, -0.15) is 0 Å². The van der Waals surface area contributed by atoms with Crippen LogP contribution in [0.25, 0.3) is 0 Å². The number of carbonyl (C=O) groups excluding carboxylic acids is 1. The maximum Gasteiger partial charge on any atom is 0.224 e. The molecule has 2 aromatic rings. The minimum atomic E-state index is 0.113. The zero-order chi connectivity index (χ0) is 20.4. The van der Waals surface area contributed by atoms with Crippen molar-refractivity contribution >= 4 is 23.0 Å². The van der Waals surface area contributed by atoms with Gasteiger partial charge in [0.1, 0.15) is 0 Å². The summed E-state index contributed by atoms with van der Waals surface area (Å²) in [6.07, 6.45) is 0.929. The third kappa shape index (κ3) is 3.84. The SMILES string of the molecule is CC[C@H]1[C@H](C)C(Nc2ccccc2)c2cc(N3CCOCC3)ccc2N1C(C)=O. The van der Waals surface area contributed by atoms with Gasteiger partial charge in [-0.05, 0) is 36.8 Å². The lowest BCUT2D eigenvalue weighted by Crippen LogP contribution is -2.49. The second kappa shape index (κ2) is 8.46. The summed E-state index contributed by atoms with van der Waals surface area (Å²) in [6.45, 7) is 9.43. The van der Waals surface area contributed by atoms with Gasteiger partial charge < -0.3 is 19.9 Å². The Balaban J connectivity index is 1.78. The predicted octanol–water partition coefficient (Wildman–Crippen LogP) is 4.46. The van der Waals surface area contributed by atoms with Crippen LogP contribution in [0.1, 0.15) is 38.8 Å². The van der Waals surface area contributed by atoms with Crippen molar-refractivity contribution < 1.29 is 9.53 Å². The van der Waals surface area contributed by atoms with E-state index in [4.69, 9.17) is 4.74 Å². The second-order valence-corrected chi connectivity index (χ2v) is 8.05. The normalized spacial score (nSPS) is 24.2. The highest BCUT2D eigenvalue weighted by Gasteiger charge is 2.39. The molecule has 154 valence electrons. The molecule has 0 radical (unpaired) electrons. The average Bonchev–Trinajstić information content (AvgIpc) is 2.76. The molecule has 1 fully saturated rings. The number of amides is 1. The van der Waals surface area contributed by atoms with Crippen LogP contribution in [-0.4, -0.2) is 38.3 Å². The summed E-state index contributed by atoms with van der Waals surface area (Å²) in [5.41, 5.74) is 4.55. The van der Waals surface area contributed by atoms with Crippen molar-refractivity contribution in [2.75, 3.05) is 41.4 Å². The average molecular weight is 394 g/mol. The third-order valence-electron chi connectivity index (χ3n) is 6.30. The van der Waals surface area contributed by atoms with Gasteiger partial charge in [-0.3, -0.25) is 4.79 Å². The number of hydrogen-bond donors (Lipinski definition) is 1. The van der Waals surface area contributed by atoms with Crippen LogP contribution in [0.3, 0.4) is 0 Å². The molecule has 2 aliphatic rings. The van der Waals surface area contributed by atoms with Gasteiger partial charge in [-0.1, -0.05) is 32.0 Å². The van der Waals surface area contributed by atoms with Crippen LogP contribution >= 0.6 is 0 Å². The van der Waals surface area contributed by atoms with E-state index in [1.54, 1.807) is 6.92 Å². The molecule has 2 heterocycles. The summed E-state index contributed by atoms with van der Waals surface area (Å²) in [5.74, 6) is 0.402. The number of rotatable bonds is 4. The first kappa shape index (κ1) is 19.8. The van der Waals surface area contributed by atoms with Gasteiger partial charge >= 0.3 is 0 Å². The largest absolute Gasteiger partial charge is 0.378 e. The monoisotopic (exact) mass is 393 g/mol. The Labute approximate surface area is 173 Å². The highest BCUT2D eigenvalue weighted by molar-refractivity contribution is 5.94. The quantitative estimate of drug-likeness (QED) is 0.833. The number of benzene rings is 2. The molecule has 5 nitrogen and oxygen atoms in total. The van der Waals surface area contributed by atoms with E-state index in [1.165, 1.54) is 11.3 Å². The first-order chi connectivity index (χ1) is 14.1. The fraction of sp³-hybridized carbons (Fsp3) is 0.458. The summed E-state index contributed by atoms with van der Waals surface area (Å²) in [7, 11) is 0. The molecule has 0 aliphatic carbocycles. The molecule has 2 aliphatic heterocycles. The molecule has 1 unspecified atom stereocenters. The molecule has 0 aromatic heterocycles. The highest BCUT2D eigenvalue weighted by atomic mass is 16.5. The topological polar surface area (TPSA) is 44.8 Å². The van der Waals surface area contributed by atoms with Crippen LogP contribution in [0.15, 0.2) is 48.5 Å². The van der Waals surface area contributed by atoms with Crippen molar-refractivity contribution in [1.82, 2.24) is 0 Å². The van der Waals surface area contributed by atoms with Gasteiger partial charge in [0, 0.05) is 54.6 Å². The van der Waals surface area contributed by atoms with E-state index in [-0.39, 0.29) is 23.9 Å². The van der Waals surface area contributed by atoms with Crippen molar-refractivity contribution in [3.63, 3.8) is 0 Å². The Bertz CT molecular complexity index is 848. The number of nitrogens with one attached hydrogen (secondary N) is 1. The van der Waals surface area contributed by atoms with Gasteiger partial charge in [0.15, 0.2) is 0 Å². The molecule has 3 atom stereocenters. The standard InChI is InChI=1S/C24H31N3O2/c1-4-22-17(2)24(25-19-8-6-5-7-9-19)21-16-20(26-12-14-29-15-13-26)10-11-23(21)27(22)18(3)28/h5-11,16-17,22,24-25H,4,12-15H2,1-3H3/t17-,22-,24?/m0/s1. The van der Waals surface area contributed by atoms with E-state index in [2.05, 4.69) is 66.5 Å². The molecule has 29 heavy (non-hydrogen) atoms. The predicted molar refractivity (Wildman–Crippen MR) is 119 cm³/mol. The first-order valence-corrected chi connectivity index (χ1v) is 10.7. The number of fused-ring (bicyclic) bond motifs is 1. The Hall–Kier alpha value is -2.53. The number of nitrogens with zero attached hydrogens (tertiary/aromatic N) is 2. The molecule has 5 heteroatoms. The van der Waals surface area contributed by atoms with E-state index in [0.29, 0.717) is 0 Å². The molecule has 1 N–H and O–H groups in total. The van der Waals surface area contributed by atoms with Crippen LogP contribution in [0.5, 0.6) is 0 Å². The summed E-state index contributed by atoms with van der Waals surface area (Å²) < 4.78 is 5.52. The molecule has 4 rings (SSSR count). The third-order valence-corrected chi connectivity index (χ3v) is 6.30. The number of anilines is 3. The Kier molecular flexibility index (Phi) is 5.76. The lowest BCUT2D eigenvalue weighted by molar-refractivity contribution is -0.117. The van der Waals surface area contributed by atoms with Crippen LogP contribution in [-0.2, 0) is 9.53 Å². The first-order valence-electron chi connectivity index (χ1n) is 10.7. The van der Waals surface area contributed by atoms with Crippen LogP contribution in [0.2, 0.25) is 0 Å². The summed E-state index contributed by atoms with van der Waals surface area (Å²) in [5, 5.41) is 3.76. The highest BCUT2D eigenvalue weighted by Crippen LogP contribution is 2.45. The molecule has 0 bridgehead atoms. The molecule has 2 aromatic carbocycles. The van der Waals surface area contributed by atoms with Crippen LogP contribution in [0, 0.1) is 5.92 Å². The van der Waals surface area contributed by atoms with Gasteiger partial charge in [-0.15, -0.1) is 0 Å². The summed E-state index contributed by atoms with van der Waals surface area (Å²) in [4.78, 5) is 17.0. The van der Waals surface area contributed by atoms with Crippen molar-refractivity contribution in [3.05, 3.63) is 54.1 Å². The summed E-state index contributed by atoms with van der Waals surface area (Å²) >= 11 is 0. The summed E-state index contributed by atoms with van der Waals surface area (Å²) in [6, 6.07) is 17.3. The zero-order valence-corrected chi connectivity index (χ0v) is 17.6. The number of ether oxygens (including phenoxy) is 1. The fourth-order valence-corrected chi connectivity index (χ4v) is 4.83. The van der Waals surface area contributed by atoms with Gasteiger partial charge in [0.25, 0.3) is 0 Å². The molecule has 1 amide bonds.